The Bertz CT molecular complexity index is 850. The van der Waals surface area contributed by atoms with E-state index in [1.165, 1.54) is 5.56 Å². The molecule has 3 heterocycles. The van der Waals surface area contributed by atoms with E-state index in [4.69, 9.17) is 14.2 Å². The summed E-state index contributed by atoms with van der Waals surface area (Å²) in [4.78, 5) is 18.8. The Morgan fingerprint density at radius 1 is 1.29 bits per heavy atom. The number of piperidine rings is 1. The largest absolute Gasteiger partial charge is 0.454 e. The molecule has 1 atom stereocenters. The maximum Gasteiger partial charge on any atom is 0.231 e. The first-order valence-corrected chi connectivity index (χ1v) is 9.71. The molecule has 1 aromatic heterocycles. The second-order valence-corrected chi connectivity index (χ2v) is 8.00. The van der Waals surface area contributed by atoms with Crippen molar-refractivity contribution < 1.29 is 19.0 Å². The number of imidazole rings is 1. The SMILES string of the molecule is COCCn1cncc1CN1CC(C)(Cc2ccc3c(c2)OCO3)CCC1=O. The van der Waals surface area contributed by atoms with Crippen LogP contribution in [-0.2, 0) is 29.0 Å². The van der Waals surface area contributed by atoms with Crippen LogP contribution in [0, 0.1) is 5.41 Å². The van der Waals surface area contributed by atoms with E-state index in [2.05, 4.69) is 28.6 Å². The maximum absolute atomic E-state index is 12.6. The van der Waals surface area contributed by atoms with Crippen molar-refractivity contribution in [1.29, 1.82) is 0 Å². The molecule has 7 nitrogen and oxygen atoms in total. The molecule has 2 aliphatic heterocycles. The van der Waals surface area contributed by atoms with Crippen LogP contribution in [0.3, 0.4) is 0 Å². The number of aromatic nitrogens is 2. The van der Waals surface area contributed by atoms with Crippen LogP contribution < -0.4 is 9.47 Å². The van der Waals surface area contributed by atoms with Crippen molar-refractivity contribution in [3.05, 3.63) is 42.0 Å². The van der Waals surface area contributed by atoms with Crippen LogP contribution in [-0.4, -0.2) is 47.4 Å². The van der Waals surface area contributed by atoms with E-state index in [0.717, 1.165) is 43.1 Å². The molecule has 0 spiro atoms. The van der Waals surface area contributed by atoms with Gasteiger partial charge in [0.2, 0.25) is 12.7 Å². The highest BCUT2D eigenvalue weighted by molar-refractivity contribution is 5.77. The highest BCUT2D eigenvalue weighted by atomic mass is 16.7. The van der Waals surface area contributed by atoms with Gasteiger partial charge in [0.25, 0.3) is 0 Å². The summed E-state index contributed by atoms with van der Waals surface area (Å²) >= 11 is 0. The Kier molecular flexibility index (Phi) is 5.26. The van der Waals surface area contributed by atoms with E-state index in [1.807, 2.05) is 17.2 Å². The first-order chi connectivity index (χ1) is 13.6. The second kappa shape index (κ2) is 7.83. The third-order valence-electron chi connectivity index (χ3n) is 5.62. The molecule has 1 aromatic carbocycles. The molecule has 1 fully saturated rings. The van der Waals surface area contributed by atoms with Gasteiger partial charge in [0.1, 0.15) is 0 Å². The second-order valence-electron chi connectivity index (χ2n) is 8.00. The smallest absolute Gasteiger partial charge is 0.231 e. The molecule has 0 radical (unpaired) electrons. The lowest BCUT2D eigenvalue weighted by molar-refractivity contribution is -0.138. The first-order valence-electron chi connectivity index (χ1n) is 9.71. The Morgan fingerprint density at radius 3 is 3.00 bits per heavy atom. The van der Waals surface area contributed by atoms with E-state index in [9.17, 15) is 4.79 Å². The lowest BCUT2D eigenvalue weighted by Gasteiger charge is -2.40. The summed E-state index contributed by atoms with van der Waals surface area (Å²) in [7, 11) is 1.69. The fourth-order valence-electron chi connectivity index (χ4n) is 4.09. The molecule has 1 unspecified atom stereocenters. The van der Waals surface area contributed by atoms with E-state index in [-0.39, 0.29) is 18.1 Å². The number of methoxy groups -OCH3 is 1. The van der Waals surface area contributed by atoms with Gasteiger partial charge in [-0.2, -0.15) is 0 Å². The number of amides is 1. The lowest BCUT2D eigenvalue weighted by Crippen LogP contribution is -2.46. The minimum absolute atomic E-state index is 0.0268. The standard InChI is InChI=1S/C21H27N3O4/c1-21(10-16-3-4-18-19(9-16)28-15-27-18)6-5-20(25)24(13-21)12-17-11-22-14-23(17)7-8-26-2/h3-4,9,11,14H,5-8,10,12-13,15H2,1-2H3. The summed E-state index contributed by atoms with van der Waals surface area (Å²) in [5, 5.41) is 0. The molecule has 1 amide bonds. The Balaban J connectivity index is 1.45. The monoisotopic (exact) mass is 385 g/mol. The molecule has 0 N–H and O–H groups in total. The number of rotatable bonds is 7. The van der Waals surface area contributed by atoms with Crippen molar-refractivity contribution in [3.8, 4) is 11.5 Å². The highest BCUT2D eigenvalue weighted by Gasteiger charge is 2.35. The molecule has 1 saturated heterocycles. The minimum atomic E-state index is 0.0268. The van der Waals surface area contributed by atoms with Gasteiger partial charge >= 0.3 is 0 Å². The average Bonchev–Trinajstić information content (AvgIpc) is 3.32. The molecule has 0 saturated carbocycles. The van der Waals surface area contributed by atoms with Crippen LogP contribution in [0.5, 0.6) is 11.5 Å². The maximum atomic E-state index is 12.6. The number of hydrogen-bond acceptors (Lipinski definition) is 5. The number of likely N-dealkylation sites (tertiary alicyclic amines) is 1. The zero-order valence-electron chi connectivity index (χ0n) is 16.5. The summed E-state index contributed by atoms with van der Waals surface area (Å²) in [5.41, 5.74) is 2.28. The van der Waals surface area contributed by atoms with Crippen molar-refractivity contribution >= 4 is 5.91 Å². The van der Waals surface area contributed by atoms with E-state index in [0.29, 0.717) is 19.6 Å². The fraction of sp³-hybridized carbons (Fsp3) is 0.524. The number of carbonyl (C=O) groups is 1. The normalized spacial score (nSPS) is 21.4. The van der Waals surface area contributed by atoms with Crippen LogP contribution in [0.25, 0.3) is 0 Å². The Labute approximate surface area is 165 Å². The summed E-state index contributed by atoms with van der Waals surface area (Å²) < 4.78 is 18.1. The number of ether oxygens (including phenoxy) is 3. The molecule has 0 aliphatic carbocycles. The molecule has 2 aromatic rings. The molecule has 7 heteroatoms. The summed E-state index contributed by atoms with van der Waals surface area (Å²) in [6, 6.07) is 6.13. The van der Waals surface area contributed by atoms with Gasteiger partial charge in [0, 0.05) is 32.8 Å². The molecular weight excluding hydrogens is 358 g/mol. The number of benzene rings is 1. The van der Waals surface area contributed by atoms with Crippen LogP contribution in [0.1, 0.15) is 31.0 Å². The van der Waals surface area contributed by atoms with Crippen molar-refractivity contribution in [2.45, 2.75) is 39.3 Å². The van der Waals surface area contributed by atoms with Gasteiger partial charge in [-0.25, -0.2) is 4.98 Å². The topological polar surface area (TPSA) is 65.8 Å². The van der Waals surface area contributed by atoms with E-state index in [1.54, 1.807) is 13.4 Å². The number of carbonyl (C=O) groups excluding carboxylic acids is 1. The van der Waals surface area contributed by atoms with Crippen LogP contribution in [0.2, 0.25) is 0 Å². The minimum Gasteiger partial charge on any atom is -0.454 e. The Morgan fingerprint density at radius 2 is 2.14 bits per heavy atom. The quantitative estimate of drug-likeness (QED) is 0.733. The van der Waals surface area contributed by atoms with Gasteiger partial charge in [-0.3, -0.25) is 4.79 Å². The number of hydrogen-bond donors (Lipinski definition) is 0. The molecule has 0 bridgehead atoms. The van der Waals surface area contributed by atoms with Crippen LogP contribution in [0.4, 0.5) is 0 Å². The summed E-state index contributed by atoms with van der Waals surface area (Å²) in [6.45, 7) is 5.23. The third-order valence-corrected chi connectivity index (χ3v) is 5.62. The third kappa shape index (κ3) is 3.99. The van der Waals surface area contributed by atoms with Gasteiger partial charge in [-0.05, 0) is 36.0 Å². The number of fused-ring (bicyclic) bond motifs is 1. The fourth-order valence-corrected chi connectivity index (χ4v) is 4.09. The lowest BCUT2D eigenvalue weighted by atomic mass is 9.76. The first kappa shape index (κ1) is 18.8. The Hall–Kier alpha value is -2.54. The van der Waals surface area contributed by atoms with Crippen LogP contribution in [0.15, 0.2) is 30.7 Å². The molecule has 28 heavy (non-hydrogen) atoms. The van der Waals surface area contributed by atoms with Gasteiger partial charge < -0.3 is 23.7 Å². The van der Waals surface area contributed by atoms with E-state index >= 15 is 0 Å². The summed E-state index contributed by atoms with van der Waals surface area (Å²) in [5.74, 6) is 1.83. The van der Waals surface area contributed by atoms with Crippen LogP contribution >= 0.6 is 0 Å². The number of nitrogens with zero attached hydrogens (tertiary/aromatic N) is 3. The molecule has 4 rings (SSSR count). The van der Waals surface area contributed by atoms with Gasteiger partial charge in [0.05, 0.1) is 25.2 Å². The molecular formula is C21H27N3O4. The van der Waals surface area contributed by atoms with E-state index < -0.39 is 0 Å². The molecule has 2 aliphatic rings. The average molecular weight is 385 g/mol. The predicted octanol–water partition coefficient (Wildman–Crippen LogP) is 2.63. The zero-order valence-corrected chi connectivity index (χ0v) is 16.5. The molecule has 150 valence electrons. The zero-order chi connectivity index (χ0) is 19.6. The van der Waals surface area contributed by atoms with Gasteiger partial charge in [-0.15, -0.1) is 0 Å². The highest BCUT2D eigenvalue weighted by Crippen LogP contribution is 2.38. The predicted molar refractivity (Wildman–Crippen MR) is 103 cm³/mol. The van der Waals surface area contributed by atoms with Crippen molar-refractivity contribution in [2.75, 3.05) is 27.1 Å². The van der Waals surface area contributed by atoms with Crippen molar-refractivity contribution in [2.24, 2.45) is 5.41 Å². The van der Waals surface area contributed by atoms with Crippen molar-refractivity contribution in [3.63, 3.8) is 0 Å². The van der Waals surface area contributed by atoms with Crippen molar-refractivity contribution in [1.82, 2.24) is 14.5 Å². The van der Waals surface area contributed by atoms with Gasteiger partial charge in [0.15, 0.2) is 11.5 Å². The summed E-state index contributed by atoms with van der Waals surface area (Å²) in [6.07, 6.45) is 6.00. The van der Waals surface area contributed by atoms with Gasteiger partial charge in [-0.1, -0.05) is 13.0 Å².